The van der Waals surface area contributed by atoms with Crippen LogP contribution in [0.25, 0.3) is 0 Å². The molecule has 226 valence electrons. The Kier molecular flexibility index (Phi) is 12.5. The molecule has 3 atom stereocenters. The summed E-state index contributed by atoms with van der Waals surface area (Å²) in [6, 6.07) is 4.29. The first-order valence-electron chi connectivity index (χ1n) is 15.3. The fourth-order valence-electron chi connectivity index (χ4n) is 5.50. The number of aryl methyl sites for hydroxylation is 2. The summed E-state index contributed by atoms with van der Waals surface area (Å²) in [5, 5.41) is 6.15. The van der Waals surface area contributed by atoms with Crippen molar-refractivity contribution in [2.24, 2.45) is 11.8 Å². The van der Waals surface area contributed by atoms with Crippen LogP contribution in [0, 0.1) is 25.7 Å². The van der Waals surface area contributed by atoms with Gasteiger partial charge in [-0.15, -0.1) is 0 Å². The van der Waals surface area contributed by atoms with Gasteiger partial charge in [-0.25, -0.2) is 4.79 Å². The number of hydrogen-bond donors (Lipinski definition) is 2. The van der Waals surface area contributed by atoms with Crippen LogP contribution < -0.4 is 10.6 Å². The van der Waals surface area contributed by atoms with Crippen LogP contribution in [0.5, 0.6) is 0 Å². The van der Waals surface area contributed by atoms with E-state index in [4.69, 9.17) is 4.74 Å². The van der Waals surface area contributed by atoms with Crippen molar-refractivity contribution in [3.8, 4) is 0 Å². The molecule has 0 aromatic heterocycles. The van der Waals surface area contributed by atoms with Crippen LogP contribution in [0.2, 0.25) is 0 Å². The molecule has 40 heavy (non-hydrogen) atoms. The lowest BCUT2D eigenvalue weighted by molar-refractivity contribution is -0.146. The highest BCUT2D eigenvalue weighted by molar-refractivity contribution is 5.92. The van der Waals surface area contributed by atoms with Crippen molar-refractivity contribution in [1.82, 2.24) is 15.5 Å². The number of ether oxygens (including phenoxy) is 1. The van der Waals surface area contributed by atoms with Crippen LogP contribution in [-0.2, 0) is 14.3 Å². The second-order valence-corrected chi connectivity index (χ2v) is 13.5. The summed E-state index contributed by atoms with van der Waals surface area (Å²) in [5.74, 6) is -0.166. The number of alkyl carbamates (subject to hydrolysis) is 1. The third-order valence-corrected chi connectivity index (χ3v) is 7.69. The lowest BCUT2D eigenvalue weighted by Crippen LogP contribution is -2.57. The van der Waals surface area contributed by atoms with Crippen molar-refractivity contribution >= 4 is 17.9 Å². The first-order valence-corrected chi connectivity index (χ1v) is 15.3. The molecule has 1 saturated carbocycles. The average molecular weight is 558 g/mol. The average Bonchev–Trinajstić information content (AvgIpc) is 2.84. The number of benzene rings is 1. The van der Waals surface area contributed by atoms with Gasteiger partial charge >= 0.3 is 6.09 Å². The minimum atomic E-state index is -0.841. The minimum Gasteiger partial charge on any atom is -0.444 e. The maximum Gasteiger partial charge on any atom is 0.408 e. The Bertz CT molecular complexity index is 992. The summed E-state index contributed by atoms with van der Waals surface area (Å²) in [5.41, 5.74) is 2.20. The van der Waals surface area contributed by atoms with Crippen molar-refractivity contribution in [2.45, 2.75) is 144 Å². The van der Waals surface area contributed by atoms with Gasteiger partial charge < -0.3 is 20.3 Å². The van der Waals surface area contributed by atoms with Crippen LogP contribution in [0.15, 0.2) is 18.2 Å². The normalized spacial score (nSPS) is 16.8. The molecule has 1 aromatic carbocycles. The Morgan fingerprint density at radius 1 is 0.975 bits per heavy atom. The third-order valence-electron chi connectivity index (χ3n) is 7.69. The second kappa shape index (κ2) is 14.9. The molecule has 0 heterocycles. The monoisotopic (exact) mass is 557 g/mol. The van der Waals surface area contributed by atoms with Crippen molar-refractivity contribution in [3.63, 3.8) is 0 Å². The number of carbonyl (C=O) groups is 3. The zero-order valence-electron chi connectivity index (χ0n) is 26.7. The predicted octanol–water partition coefficient (Wildman–Crippen LogP) is 7.00. The Labute approximate surface area is 243 Å². The highest BCUT2D eigenvalue weighted by atomic mass is 16.6. The molecule has 3 amide bonds. The number of hydrogen-bond acceptors (Lipinski definition) is 4. The van der Waals surface area contributed by atoms with Gasteiger partial charge in [-0.3, -0.25) is 9.59 Å². The highest BCUT2D eigenvalue weighted by Gasteiger charge is 2.41. The van der Waals surface area contributed by atoms with Crippen LogP contribution in [0.3, 0.4) is 0 Å². The quantitative estimate of drug-likeness (QED) is 0.307. The molecule has 0 aliphatic heterocycles. The van der Waals surface area contributed by atoms with Crippen molar-refractivity contribution < 1.29 is 19.1 Å². The van der Waals surface area contributed by atoms with E-state index < -0.39 is 23.8 Å². The maximum absolute atomic E-state index is 14.5. The van der Waals surface area contributed by atoms with E-state index >= 15 is 0 Å². The molecule has 1 aromatic rings. The van der Waals surface area contributed by atoms with Crippen molar-refractivity contribution in [2.75, 3.05) is 0 Å². The Morgan fingerprint density at radius 3 is 2.12 bits per heavy atom. The minimum absolute atomic E-state index is 0.109. The largest absolute Gasteiger partial charge is 0.444 e. The fourth-order valence-corrected chi connectivity index (χ4v) is 5.50. The Balaban J connectivity index is 2.59. The van der Waals surface area contributed by atoms with Crippen LogP contribution >= 0.6 is 0 Å². The Morgan fingerprint density at radius 2 is 1.60 bits per heavy atom. The van der Waals surface area contributed by atoms with E-state index in [0.717, 1.165) is 55.2 Å². The van der Waals surface area contributed by atoms with E-state index in [9.17, 15) is 14.4 Å². The van der Waals surface area contributed by atoms with Gasteiger partial charge in [0, 0.05) is 12.1 Å². The van der Waals surface area contributed by atoms with Crippen LogP contribution in [0.1, 0.15) is 123 Å². The lowest BCUT2D eigenvalue weighted by atomic mass is 9.91. The smallest absolute Gasteiger partial charge is 0.408 e. The first kappa shape index (κ1) is 33.6. The summed E-state index contributed by atoms with van der Waals surface area (Å²) < 4.78 is 5.51. The summed E-state index contributed by atoms with van der Waals surface area (Å²) in [6.45, 7) is 19.6. The number of nitrogens with zero attached hydrogens (tertiary/aromatic N) is 1. The van der Waals surface area contributed by atoms with Gasteiger partial charge in [-0.2, -0.15) is 0 Å². The molecule has 0 saturated heterocycles. The molecular weight excluding hydrogens is 502 g/mol. The van der Waals surface area contributed by atoms with Crippen LogP contribution in [0.4, 0.5) is 4.79 Å². The number of amides is 3. The highest BCUT2D eigenvalue weighted by Crippen LogP contribution is 2.31. The summed E-state index contributed by atoms with van der Waals surface area (Å²) >= 11 is 0. The molecule has 0 spiro atoms. The van der Waals surface area contributed by atoms with E-state index in [1.807, 2.05) is 46.8 Å². The van der Waals surface area contributed by atoms with Gasteiger partial charge in [0.25, 0.3) is 0 Å². The van der Waals surface area contributed by atoms with E-state index in [-0.39, 0.29) is 29.8 Å². The van der Waals surface area contributed by atoms with E-state index in [2.05, 4.69) is 30.5 Å². The molecule has 3 unspecified atom stereocenters. The van der Waals surface area contributed by atoms with Crippen LogP contribution in [-0.4, -0.2) is 46.5 Å². The second-order valence-electron chi connectivity index (χ2n) is 13.5. The molecule has 1 aliphatic carbocycles. The molecular formula is C33H55N3O4. The molecule has 1 fully saturated rings. The van der Waals surface area contributed by atoms with Gasteiger partial charge in [0.05, 0.1) is 0 Å². The SMILES string of the molecule is Cc1ccc(C(C(=O)NC2CCCCC2)N(C(=O)C(NC(=O)OC(C)(C)C)C(C)C)C(C)CCC(C)C)c(C)c1. The fraction of sp³-hybridized carbons (Fsp3) is 0.727. The molecule has 1 aliphatic rings. The molecule has 7 nitrogen and oxygen atoms in total. The molecule has 2 N–H and O–H groups in total. The van der Waals surface area contributed by atoms with Crippen molar-refractivity contribution in [3.05, 3.63) is 34.9 Å². The van der Waals surface area contributed by atoms with E-state index in [0.29, 0.717) is 5.92 Å². The molecule has 2 rings (SSSR count). The molecule has 7 heteroatoms. The number of rotatable bonds is 11. The zero-order valence-corrected chi connectivity index (χ0v) is 26.7. The predicted molar refractivity (Wildman–Crippen MR) is 162 cm³/mol. The van der Waals surface area contributed by atoms with E-state index in [1.165, 1.54) is 6.42 Å². The number of nitrogens with one attached hydrogen (secondary N) is 2. The number of carbonyl (C=O) groups excluding carboxylic acids is 3. The van der Waals surface area contributed by atoms with Gasteiger partial charge in [0.15, 0.2) is 0 Å². The van der Waals surface area contributed by atoms with Gasteiger partial charge in [-0.1, -0.05) is 70.7 Å². The van der Waals surface area contributed by atoms with Gasteiger partial charge in [-0.05, 0) is 90.2 Å². The summed E-state index contributed by atoms with van der Waals surface area (Å²) in [4.78, 5) is 43.3. The summed E-state index contributed by atoms with van der Waals surface area (Å²) in [6.07, 6.45) is 6.33. The standard InChI is InChI=1S/C33H55N3O4/c1-21(2)16-18-25(7)36(31(38)28(22(3)4)35-32(39)40-33(8,9)10)29(27-19-17-23(5)20-24(27)6)30(37)34-26-14-12-11-13-15-26/h17,19-22,25-26,28-29H,11-16,18H2,1-10H3,(H,34,37)(H,35,39). The van der Waals surface area contributed by atoms with Gasteiger partial charge in [0.1, 0.15) is 17.7 Å². The lowest BCUT2D eigenvalue weighted by Gasteiger charge is -2.40. The third kappa shape index (κ3) is 10.1. The van der Waals surface area contributed by atoms with Gasteiger partial charge in [0.2, 0.25) is 11.8 Å². The molecule has 0 radical (unpaired) electrons. The van der Waals surface area contributed by atoms with Crippen molar-refractivity contribution in [1.29, 1.82) is 0 Å². The first-order chi connectivity index (χ1) is 18.6. The Hall–Kier alpha value is -2.57. The topological polar surface area (TPSA) is 87.7 Å². The maximum atomic E-state index is 14.5. The van der Waals surface area contributed by atoms with E-state index in [1.54, 1.807) is 25.7 Å². The summed E-state index contributed by atoms with van der Waals surface area (Å²) in [7, 11) is 0. The zero-order chi connectivity index (χ0) is 30.2. The molecule has 0 bridgehead atoms.